The van der Waals surface area contributed by atoms with Crippen LogP contribution in [0.4, 0.5) is 0 Å². The Morgan fingerprint density at radius 3 is 2.78 bits per heavy atom. The Morgan fingerprint density at radius 2 is 2.00 bits per heavy atom. The monoisotopic (exact) mass is 370 g/mol. The Morgan fingerprint density at radius 1 is 1.15 bits per heavy atom. The second kappa shape index (κ2) is 7.98. The van der Waals surface area contributed by atoms with Gasteiger partial charge in [-0.2, -0.15) is 0 Å². The van der Waals surface area contributed by atoms with E-state index in [1.165, 1.54) is 6.42 Å². The van der Waals surface area contributed by atoms with E-state index in [0.29, 0.717) is 23.8 Å². The van der Waals surface area contributed by atoms with Crippen molar-refractivity contribution >= 4 is 11.8 Å². The molecule has 1 saturated carbocycles. The number of rotatable bonds is 5. The zero-order valence-electron chi connectivity index (χ0n) is 15.5. The Kier molecular flexibility index (Phi) is 5.27. The van der Waals surface area contributed by atoms with Crippen molar-refractivity contribution in [1.82, 2.24) is 20.2 Å². The molecule has 2 aliphatic rings. The van der Waals surface area contributed by atoms with Crippen LogP contribution < -0.4 is 10.6 Å². The molecule has 7 heteroatoms. The van der Waals surface area contributed by atoms with Gasteiger partial charge in [0.2, 0.25) is 0 Å². The number of nitrogens with zero attached hydrogens (tertiary/aromatic N) is 2. The van der Waals surface area contributed by atoms with Gasteiger partial charge in [-0.15, -0.1) is 0 Å². The van der Waals surface area contributed by atoms with E-state index < -0.39 is 0 Å². The van der Waals surface area contributed by atoms with E-state index >= 15 is 0 Å². The summed E-state index contributed by atoms with van der Waals surface area (Å²) >= 11 is 0. The van der Waals surface area contributed by atoms with Gasteiger partial charge in [0.1, 0.15) is 11.5 Å². The van der Waals surface area contributed by atoms with Crippen molar-refractivity contribution in [3.05, 3.63) is 41.4 Å². The van der Waals surface area contributed by atoms with Crippen molar-refractivity contribution in [1.29, 1.82) is 0 Å². The molecule has 0 radical (unpaired) electrons. The van der Waals surface area contributed by atoms with Crippen molar-refractivity contribution in [3.8, 4) is 0 Å². The lowest BCUT2D eigenvalue weighted by atomic mass is 9.95. The fourth-order valence-electron chi connectivity index (χ4n) is 4.06. The number of hydrogen-bond acceptors (Lipinski definition) is 4. The van der Waals surface area contributed by atoms with Crippen LogP contribution in [0.15, 0.2) is 22.8 Å². The maximum Gasteiger partial charge on any atom is 0.287 e. The number of carbonyl (C=O) groups is 2. The van der Waals surface area contributed by atoms with Gasteiger partial charge in [-0.3, -0.25) is 9.59 Å². The van der Waals surface area contributed by atoms with Crippen LogP contribution >= 0.6 is 0 Å². The van der Waals surface area contributed by atoms with Crippen LogP contribution in [-0.2, 0) is 19.5 Å². The van der Waals surface area contributed by atoms with E-state index in [1.807, 2.05) is 10.6 Å². The van der Waals surface area contributed by atoms with Crippen molar-refractivity contribution in [2.45, 2.75) is 70.5 Å². The lowest BCUT2D eigenvalue weighted by molar-refractivity contribution is 0.0921. The second-order valence-corrected chi connectivity index (χ2v) is 7.41. The summed E-state index contributed by atoms with van der Waals surface area (Å²) in [6, 6.07) is 3.82. The van der Waals surface area contributed by atoms with Crippen molar-refractivity contribution in [2.75, 3.05) is 0 Å². The highest BCUT2D eigenvalue weighted by atomic mass is 16.3. The predicted octanol–water partition coefficient (Wildman–Crippen LogP) is 2.80. The highest BCUT2D eigenvalue weighted by Gasteiger charge is 2.28. The maximum absolute atomic E-state index is 12.8. The van der Waals surface area contributed by atoms with Gasteiger partial charge in [0.05, 0.1) is 18.5 Å². The summed E-state index contributed by atoms with van der Waals surface area (Å²) < 4.78 is 7.17. The van der Waals surface area contributed by atoms with Crippen LogP contribution in [0, 0.1) is 0 Å². The molecule has 0 aromatic carbocycles. The molecule has 0 saturated heterocycles. The SMILES string of the molecule is O=C(NC1CCCCC1)c1nc(C(=O)NCc2ccco2)n2c1CCCC2. The second-order valence-electron chi connectivity index (χ2n) is 7.41. The molecule has 2 N–H and O–H groups in total. The molecule has 0 spiro atoms. The molecule has 0 unspecified atom stereocenters. The van der Waals surface area contributed by atoms with Crippen LogP contribution in [-0.4, -0.2) is 27.4 Å². The quantitative estimate of drug-likeness (QED) is 0.847. The zero-order valence-corrected chi connectivity index (χ0v) is 15.5. The minimum atomic E-state index is -0.272. The first-order valence-corrected chi connectivity index (χ1v) is 9.93. The van der Waals surface area contributed by atoms with Crippen LogP contribution in [0.1, 0.15) is 77.5 Å². The summed E-state index contributed by atoms with van der Waals surface area (Å²) in [5.74, 6) is 0.595. The number of imidazole rings is 1. The number of carbonyl (C=O) groups excluding carboxylic acids is 2. The molecule has 2 amide bonds. The van der Waals surface area contributed by atoms with E-state index in [-0.39, 0.29) is 17.9 Å². The molecular weight excluding hydrogens is 344 g/mol. The number of fused-ring (bicyclic) bond motifs is 1. The number of furan rings is 1. The van der Waals surface area contributed by atoms with Crippen molar-refractivity contribution in [3.63, 3.8) is 0 Å². The summed E-state index contributed by atoms with van der Waals surface area (Å²) in [7, 11) is 0. The topological polar surface area (TPSA) is 89.2 Å². The van der Waals surface area contributed by atoms with Crippen LogP contribution in [0.2, 0.25) is 0 Å². The van der Waals surface area contributed by atoms with Gasteiger partial charge in [-0.05, 0) is 44.2 Å². The van der Waals surface area contributed by atoms with E-state index in [4.69, 9.17) is 4.42 Å². The van der Waals surface area contributed by atoms with E-state index in [1.54, 1.807) is 12.3 Å². The molecule has 144 valence electrons. The standard InChI is InChI=1S/C20H26N4O3/c25-19(22-14-7-2-1-3-8-14)17-16-10-4-5-11-24(16)18(23-17)20(26)21-13-15-9-6-12-27-15/h6,9,12,14H,1-5,7-8,10-11,13H2,(H,21,26)(H,22,25). The van der Waals surface area contributed by atoms with Crippen LogP contribution in [0.25, 0.3) is 0 Å². The smallest absolute Gasteiger partial charge is 0.287 e. The molecule has 27 heavy (non-hydrogen) atoms. The van der Waals surface area contributed by atoms with E-state index in [9.17, 15) is 9.59 Å². The zero-order chi connectivity index (χ0) is 18.6. The van der Waals surface area contributed by atoms with Crippen molar-refractivity contribution in [2.24, 2.45) is 0 Å². The third-order valence-corrected chi connectivity index (χ3v) is 5.48. The average Bonchev–Trinajstić information content (AvgIpc) is 3.35. The molecule has 3 heterocycles. The molecule has 1 aliphatic carbocycles. The highest BCUT2D eigenvalue weighted by molar-refractivity contribution is 5.97. The average molecular weight is 370 g/mol. The summed E-state index contributed by atoms with van der Waals surface area (Å²) in [5, 5.41) is 5.97. The lowest BCUT2D eigenvalue weighted by Crippen LogP contribution is -2.37. The summed E-state index contributed by atoms with van der Waals surface area (Å²) in [6.07, 6.45) is 9.98. The van der Waals surface area contributed by atoms with Crippen molar-refractivity contribution < 1.29 is 14.0 Å². The fraction of sp³-hybridized carbons (Fsp3) is 0.550. The number of aromatic nitrogens is 2. The number of nitrogens with one attached hydrogen (secondary N) is 2. The molecule has 0 atom stereocenters. The third-order valence-electron chi connectivity index (χ3n) is 5.48. The molecular formula is C20H26N4O3. The summed E-state index contributed by atoms with van der Waals surface area (Å²) in [4.78, 5) is 30.0. The first-order valence-electron chi connectivity index (χ1n) is 9.93. The van der Waals surface area contributed by atoms with E-state index in [0.717, 1.165) is 57.2 Å². The Labute approximate surface area is 158 Å². The minimum absolute atomic E-state index is 0.141. The fourth-order valence-corrected chi connectivity index (χ4v) is 4.06. The van der Waals surface area contributed by atoms with Gasteiger partial charge in [0.25, 0.3) is 11.8 Å². The summed E-state index contributed by atoms with van der Waals surface area (Å²) in [5.41, 5.74) is 1.31. The molecule has 1 aliphatic heterocycles. The van der Waals surface area contributed by atoms with E-state index in [2.05, 4.69) is 15.6 Å². The lowest BCUT2D eigenvalue weighted by Gasteiger charge is -2.23. The molecule has 2 aromatic rings. The maximum atomic E-state index is 12.8. The Balaban J connectivity index is 1.51. The van der Waals surface area contributed by atoms with Gasteiger partial charge >= 0.3 is 0 Å². The van der Waals surface area contributed by atoms with Gasteiger partial charge in [0, 0.05) is 12.6 Å². The molecule has 7 nitrogen and oxygen atoms in total. The van der Waals surface area contributed by atoms with Gasteiger partial charge in [-0.25, -0.2) is 4.98 Å². The third kappa shape index (κ3) is 3.91. The molecule has 1 fully saturated rings. The van der Waals surface area contributed by atoms with Gasteiger partial charge in [0.15, 0.2) is 5.82 Å². The first-order chi connectivity index (χ1) is 13.2. The summed E-state index contributed by atoms with van der Waals surface area (Å²) in [6.45, 7) is 1.03. The number of hydrogen-bond donors (Lipinski definition) is 2. The normalized spacial score (nSPS) is 17.3. The van der Waals surface area contributed by atoms with Gasteiger partial charge in [-0.1, -0.05) is 19.3 Å². The molecule has 4 rings (SSSR count). The Hall–Kier alpha value is -2.57. The van der Waals surface area contributed by atoms with Crippen LogP contribution in [0.3, 0.4) is 0 Å². The van der Waals surface area contributed by atoms with Gasteiger partial charge < -0.3 is 19.6 Å². The first kappa shape index (κ1) is 17.8. The predicted molar refractivity (Wildman–Crippen MR) is 99.4 cm³/mol. The minimum Gasteiger partial charge on any atom is -0.467 e. The largest absolute Gasteiger partial charge is 0.467 e. The molecule has 2 aromatic heterocycles. The highest BCUT2D eigenvalue weighted by Crippen LogP contribution is 2.23. The molecule has 0 bridgehead atoms. The Bertz CT molecular complexity index is 804. The number of amides is 2. The van der Waals surface area contributed by atoms with Crippen LogP contribution in [0.5, 0.6) is 0 Å².